The molecular formula is C20H23NO5S. The maximum absolute atomic E-state index is 11.9. The molecule has 1 aromatic carbocycles. The van der Waals surface area contributed by atoms with Crippen molar-refractivity contribution in [3.8, 4) is 0 Å². The van der Waals surface area contributed by atoms with Gasteiger partial charge in [0.2, 0.25) is 0 Å². The third-order valence-corrected chi connectivity index (χ3v) is 4.43. The van der Waals surface area contributed by atoms with Crippen molar-refractivity contribution in [2.75, 3.05) is 11.9 Å². The Labute approximate surface area is 162 Å². The second kappa shape index (κ2) is 10.5. The van der Waals surface area contributed by atoms with Gasteiger partial charge in [0.05, 0.1) is 11.7 Å². The summed E-state index contributed by atoms with van der Waals surface area (Å²) >= 11 is 1.65. The summed E-state index contributed by atoms with van der Waals surface area (Å²) in [5.41, 5.74) is 0.911. The molecule has 0 saturated carbocycles. The molecule has 144 valence electrons. The highest BCUT2D eigenvalue weighted by Gasteiger charge is 2.11. The Hall–Kier alpha value is -2.67. The zero-order valence-electron chi connectivity index (χ0n) is 15.4. The van der Waals surface area contributed by atoms with Crippen molar-refractivity contribution < 1.29 is 23.9 Å². The predicted molar refractivity (Wildman–Crippen MR) is 104 cm³/mol. The molecule has 0 radical (unpaired) electrons. The van der Waals surface area contributed by atoms with Crippen LogP contribution in [0.15, 0.2) is 41.8 Å². The molecule has 0 spiro atoms. The van der Waals surface area contributed by atoms with E-state index in [0.29, 0.717) is 17.7 Å². The number of carbonyl (C=O) groups is 3. The second-order valence-corrected chi connectivity index (χ2v) is 7.21. The molecule has 0 unspecified atom stereocenters. The maximum atomic E-state index is 11.9. The number of hydrogen-bond donors (Lipinski definition) is 1. The van der Waals surface area contributed by atoms with E-state index in [1.54, 1.807) is 49.4 Å². The van der Waals surface area contributed by atoms with Gasteiger partial charge in [0.1, 0.15) is 0 Å². The lowest BCUT2D eigenvalue weighted by molar-refractivity contribution is -0.147. The third-order valence-electron chi connectivity index (χ3n) is 3.50. The van der Waals surface area contributed by atoms with E-state index in [0.717, 1.165) is 6.42 Å². The first-order chi connectivity index (χ1) is 12.9. The zero-order chi connectivity index (χ0) is 19.6. The molecule has 0 bridgehead atoms. The molecule has 1 aromatic heterocycles. The Balaban J connectivity index is 1.68. The van der Waals surface area contributed by atoms with Crippen molar-refractivity contribution in [3.63, 3.8) is 0 Å². The van der Waals surface area contributed by atoms with Crippen LogP contribution >= 0.6 is 11.3 Å². The molecule has 0 aliphatic carbocycles. The number of nitrogens with one attached hydrogen (secondary N) is 1. The minimum Gasteiger partial charge on any atom is -0.459 e. The van der Waals surface area contributed by atoms with Gasteiger partial charge >= 0.3 is 11.9 Å². The van der Waals surface area contributed by atoms with Crippen molar-refractivity contribution >= 4 is 34.9 Å². The molecule has 27 heavy (non-hydrogen) atoms. The normalized spacial score (nSPS) is 10.5. The fraction of sp³-hybridized carbons (Fsp3) is 0.350. The Morgan fingerprint density at radius 3 is 2.48 bits per heavy atom. The summed E-state index contributed by atoms with van der Waals surface area (Å²) in [4.78, 5) is 36.5. The number of esters is 2. The number of thiophene rings is 1. The minimum atomic E-state index is -0.431. The van der Waals surface area contributed by atoms with Crippen LogP contribution < -0.4 is 5.32 Å². The zero-order valence-corrected chi connectivity index (χ0v) is 16.2. The fourth-order valence-electron chi connectivity index (χ4n) is 2.25. The lowest BCUT2D eigenvalue weighted by atomic mass is 10.2. The lowest BCUT2D eigenvalue weighted by Crippen LogP contribution is -2.21. The van der Waals surface area contributed by atoms with Gasteiger partial charge in [-0.3, -0.25) is 9.59 Å². The van der Waals surface area contributed by atoms with Gasteiger partial charge in [-0.1, -0.05) is 6.07 Å². The number of aryl methyl sites for hydroxylation is 1. The highest BCUT2D eigenvalue weighted by molar-refractivity contribution is 7.09. The summed E-state index contributed by atoms with van der Waals surface area (Å²) in [5, 5.41) is 4.61. The van der Waals surface area contributed by atoms with Crippen LogP contribution in [-0.4, -0.2) is 30.6 Å². The topological polar surface area (TPSA) is 81.7 Å². The monoisotopic (exact) mass is 389 g/mol. The van der Waals surface area contributed by atoms with Gasteiger partial charge in [0, 0.05) is 17.0 Å². The van der Waals surface area contributed by atoms with Crippen molar-refractivity contribution in [2.45, 2.75) is 39.2 Å². The van der Waals surface area contributed by atoms with Crippen LogP contribution in [0.2, 0.25) is 0 Å². The Bertz CT molecular complexity index is 753. The number of hydrogen-bond acceptors (Lipinski definition) is 6. The van der Waals surface area contributed by atoms with Gasteiger partial charge < -0.3 is 14.8 Å². The van der Waals surface area contributed by atoms with Crippen molar-refractivity contribution in [3.05, 3.63) is 52.2 Å². The number of rotatable bonds is 9. The van der Waals surface area contributed by atoms with Crippen LogP contribution in [-0.2, 0) is 25.5 Å². The summed E-state index contributed by atoms with van der Waals surface area (Å²) in [6.45, 7) is 3.21. The SMILES string of the molecule is CC(C)OC(=O)c1ccc(NC(=O)COC(=O)CCCc2cccs2)cc1. The summed E-state index contributed by atoms with van der Waals surface area (Å²) < 4.78 is 10.1. The van der Waals surface area contributed by atoms with E-state index in [9.17, 15) is 14.4 Å². The standard InChI is InChI=1S/C20H23NO5S/c1-14(2)26-20(24)15-8-10-16(11-9-15)21-18(22)13-25-19(23)7-3-5-17-6-4-12-27-17/h4,6,8-12,14H,3,5,7,13H2,1-2H3,(H,21,22). The van der Waals surface area contributed by atoms with Crippen LogP contribution in [0.5, 0.6) is 0 Å². The largest absolute Gasteiger partial charge is 0.459 e. The molecule has 1 N–H and O–H groups in total. The van der Waals surface area contributed by atoms with E-state index in [-0.39, 0.29) is 19.1 Å². The van der Waals surface area contributed by atoms with E-state index in [1.165, 1.54) is 4.88 Å². The molecule has 0 atom stereocenters. The van der Waals surface area contributed by atoms with E-state index in [1.807, 2.05) is 17.5 Å². The van der Waals surface area contributed by atoms with E-state index < -0.39 is 17.8 Å². The van der Waals surface area contributed by atoms with Gasteiger partial charge in [-0.15, -0.1) is 11.3 Å². The minimum absolute atomic E-state index is 0.197. The van der Waals surface area contributed by atoms with Crippen LogP contribution in [0.3, 0.4) is 0 Å². The van der Waals surface area contributed by atoms with Crippen molar-refractivity contribution in [2.24, 2.45) is 0 Å². The fourth-order valence-corrected chi connectivity index (χ4v) is 3.00. The lowest BCUT2D eigenvalue weighted by Gasteiger charge is -2.09. The van der Waals surface area contributed by atoms with Crippen molar-refractivity contribution in [1.29, 1.82) is 0 Å². The molecule has 0 aliphatic rings. The molecular weight excluding hydrogens is 366 g/mol. The first-order valence-corrected chi connectivity index (χ1v) is 9.61. The van der Waals surface area contributed by atoms with Gasteiger partial charge in [-0.05, 0) is 62.4 Å². The van der Waals surface area contributed by atoms with Gasteiger partial charge in [-0.2, -0.15) is 0 Å². The first kappa shape index (κ1) is 20.6. The number of ether oxygens (including phenoxy) is 2. The molecule has 1 amide bonds. The van der Waals surface area contributed by atoms with Crippen LogP contribution in [0.1, 0.15) is 41.9 Å². The number of anilines is 1. The van der Waals surface area contributed by atoms with Crippen molar-refractivity contribution in [1.82, 2.24) is 0 Å². The summed E-state index contributed by atoms with van der Waals surface area (Å²) in [7, 11) is 0. The average molecular weight is 389 g/mol. The molecule has 0 fully saturated rings. The van der Waals surface area contributed by atoms with Gasteiger partial charge in [-0.25, -0.2) is 4.79 Å². The molecule has 0 aliphatic heterocycles. The third kappa shape index (κ3) is 7.62. The smallest absolute Gasteiger partial charge is 0.338 e. The van der Waals surface area contributed by atoms with E-state index in [2.05, 4.69) is 5.32 Å². The predicted octanol–water partition coefficient (Wildman–Crippen LogP) is 3.82. The molecule has 2 aromatic rings. The summed E-state index contributed by atoms with van der Waals surface area (Å²) in [5.74, 6) is -1.24. The quantitative estimate of drug-likeness (QED) is 0.660. The number of amides is 1. The number of benzene rings is 1. The van der Waals surface area contributed by atoms with Gasteiger partial charge in [0.15, 0.2) is 6.61 Å². The highest BCUT2D eigenvalue weighted by atomic mass is 32.1. The maximum Gasteiger partial charge on any atom is 0.338 e. The molecule has 6 nitrogen and oxygen atoms in total. The Kier molecular flexibility index (Phi) is 8.00. The Morgan fingerprint density at radius 2 is 1.85 bits per heavy atom. The Morgan fingerprint density at radius 1 is 1.11 bits per heavy atom. The van der Waals surface area contributed by atoms with Crippen LogP contribution in [0.25, 0.3) is 0 Å². The highest BCUT2D eigenvalue weighted by Crippen LogP contribution is 2.13. The molecule has 1 heterocycles. The second-order valence-electron chi connectivity index (χ2n) is 6.17. The average Bonchev–Trinajstić information content (AvgIpc) is 3.13. The summed E-state index contributed by atoms with van der Waals surface area (Å²) in [6, 6.07) is 10.3. The van der Waals surface area contributed by atoms with E-state index in [4.69, 9.17) is 9.47 Å². The van der Waals surface area contributed by atoms with Crippen LogP contribution in [0, 0.1) is 0 Å². The first-order valence-electron chi connectivity index (χ1n) is 8.73. The van der Waals surface area contributed by atoms with E-state index >= 15 is 0 Å². The van der Waals surface area contributed by atoms with Crippen LogP contribution in [0.4, 0.5) is 5.69 Å². The molecule has 0 saturated heterocycles. The summed E-state index contributed by atoms with van der Waals surface area (Å²) in [6.07, 6.45) is 1.59. The number of carbonyl (C=O) groups excluding carboxylic acids is 3. The van der Waals surface area contributed by atoms with Gasteiger partial charge in [0.25, 0.3) is 5.91 Å². The molecule has 7 heteroatoms. The molecule has 2 rings (SSSR count).